The number of hydrogen-bond donors (Lipinski definition) is 0. The molecule has 1 fully saturated rings. The van der Waals surface area contributed by atoms with Gasteiger partial charge < -0.3 is 14.5 Å². The molecular formula is C17H26N2O2S. The Bertz CT molecular complexity index is 473. The van der Waals surface area contributed by atoms with Gasteiger partial charge in [-0.2, -0.15) is 11.8 Å². The van der Waals surface area contributed by atoms with E-state index >= 15 is 0 Å². The topological polar surface area (TPSA) is 32.8 Å². The fourth-order valence-corrected chi connectivity index (χ4v) is 3.18. The number of amides is 1. The lowest BCUT2D eigenvalue weighted by Crippen LogP contribution is -2.49. The van der Waals surface area contributed by atoms with Gasteiger partial charge >= 0.3 is 6.09 Å². The van der Waals surface area contributed by atoms with Gasteiger partial charge in [0.15, 0.2) is 0 Å². The second-order valence-electron chi connectivity index (χ2n) is 5.50. The molecule has 0 spiro atoms. The summed E-state index contributed by atoms with van der Waals surface area (Å²) >= 11 is 1.84. The minimum Gasteiger partial charge on any atom is -0.449 e. The average molecular weight is 322 g/mol. The number of ether oxygens (including phenoxy) is 1. The van der Waals surface area contributed by atoms with E-state index in [4.69, 9.17) is 4.74 Å². The minimum atomic E-state index is -0.162. The molecule has 4 nitrogen and oxygen atoms in total. The summed E-state index contributed by atoms with van der Waals surface area (Å²) in [5.41, 5.74) is 2.67. The Kier molecular flexibility index (Phi) is 6.90. The van der Waals surface area contributed by atoms with Crippen LogP contribution in [0.25, 0.3) is 0 Å². The van der Waals surface area contributed by atoms with Gasteiger partial charge in [-0.3, -0.25) is 0 Å². The molecule has 0 aromatic heterocycles. The van der Waals surface area contributed by atoms with Crippen molar-refractivity contribution in [2.24, 2.45) is 0 Å². The van der Waals surface area contributed by atoms with Crippen LogP contribution in [0.3, 0.4) is 0 Å². The van der Waals surface area contributed by atoms with Crippen molar-refractivity contribution in [2.45, 2.75) is 25.5 Å². The molecule has 5 heteroatoms. The third kappa shape index (κ3) is 4.57. The third-order valence-electron chi connectivity index (χ3n) is 3.89. The molecule has 1 amide bonds. The van der Waals surface area contributed by atoms with E-state index in [1.54, 1.807) is 0 Å². The monoisotopic (exact) mass is 322 g/mol. The van der Waals surface area contributed by atoms with Crippen LogP contribution in [0.5, 0.6) is 0 Å². The maximum absolute atomic E-state index is 12.0. The molecule has 1 saturated heterocycles. The summed E-state index contributed by atoms with van der Waals surface area (Å²) in [6.07, 6.45) is 3.95. The second-order valence-corrected chi connectivity index (χ2v) is 6.37. The van der Waals surface area contributed by atoms with Gasteiger partial charge in [0.2, 0.25) is 0 Å². The number of rotatable bonds is 6. The molecule has 22 heavy (non-hydrogen) atoms. The Morgan fingerprint density at radius 1 is 1.23 bits per heavy atom. The number of piperazine rings is 1. The number of hydrogen-bond acceptors (Lipinski definition) is 4. The predicted molar refractivity (Wildman–Crippen MR) is 93.7 cm³/mol. The molecule has 1 heterocycles. The second kappa shape index (κ2) is 8.93. The highest BCUT2D eigenvalue weighted by Crippen LogP contribution is 2.25. The highest BCUT2D eigenvalue weighted by Gasteiger charge is 2.23. The zero-order valence-electron chi connectivity index (χ0n) is 13.6. The standard InChI is InChI=1S/C17H26N2O2S/c1-3-4-13-21-17(20)19-11-9-18(10-12-19)16-8-6-5-7-15(16)14-22-2/h5-8H,3-4,9-14H2,1-2H3. The quantitative estimate of drug-likeness (QED) is 0.749. The van der Waals surface area contributed by atoms with Crippen LogP contribution in [-0.4, -0.2) is 50.0 Å². The van der Waals surface area contributed by atoms with E-state index in [0.717, 1.165) is 44.8 Å². The predicted octanol–water partition coefficient (Wildman–Crippen LogP) is 3.61. The Labute approximate surface area is 137 Å². The van der Waals surface area contributed by atoms with Crippen LogP contribution in [0.1, 0.15) is 25.3 Å². The highest BCUT2D eigenvalue weighted by atomic mass is 32.2. The van der Waals surface area contributed by atoms with Crippen molar-refractivity contribution in [1.82, 2.24) is 4.90 Å². The number of anilines is 1. The zero-order chi connectivity index (χ0) is 15.8. The van der Waals surface area contributed by atoms with Crippen LogP contribution in [0.15, 0.2) is 24.3 Å². The van der Waals surface area contributed by atoms with Gasteiger partial charge in [0.25, 0.3) is 0 Å². The molecule has 0 saturated carbocycles. The van der Waals surface area contributed by atoms with E-state index in [2.05, 4.69) is 42.3 Å². The van der Waals surface area contributed by atoms with Crippen LogP contribution in [0.4, 0.5) is 10.5 Å². The van der Waals surface area contributed by atoms with Crippen molar-refractivity contribution >= 4 is 23.5 Å². The third-order valence-corrected chi connectivity index (χ3v) is 4.49. The molecule has 0 atom stereocenters. The number of carbonyl (C=O) groups excluding carboxylic acids is 1. The van der Waals surface area contributed by atoms with Crippen molar-refractivity contribution in [1.29, 1.82) is 0 Å². The summed E-state index contributed by atoms with van der Waals surface area (Å²) in [6, 6.07) is 8.55. The molecule has 2 rings (SSSR count). The fraction of sp³-hybridized carbons (Fsp3) is 0.588. The van der Waals surface area contributed by atoms with Crippen molar-refractivity contribution in [2.75, 3.05) is 43.9 Å². The lowest BCUT2D eigenvalue weighted by atomic mass is 10.1. The summed E-state index contributed by atoms with van der Waals surface area (Å²) in [6.45, 7) is 5.84. The maximum Gasteiger partial charge on any atom is 0.409 e. The lowest BCUT2D eigenvalue weighted by Gasteiger charge is -2.36. The molecule has 0 unspecified atom stereocenters. The average Bonchev–Trinajstić information content (AvgIpc) is 2.56. The van der Waals surface area contributed by atoms with Crippen LogP contribution in [-0.2, 0) is 10.5 Å². The Hall–Kier alpha value is -1.36. The molecule has 1 aliphatic heterocycles. The number of benzene rings is 1. The summed E-state index contributed by atoms with van der Waals surface area (Å²) in [5, 5.41) is 0. The number of nitrogens with zero attached hydrogens (tertiary/aromatic N) is 2. The number of thioether (sulfide) groups is 1. The number of carbonyl (C=O) groups is 1. The minimum absolute atomic E-state index is 0.162. The molecular weight excluding hydrogens is 296 g/mol. The first-order chi connectivity index (χ1) is 10.8. The van der Waals surface area contributed by atoms with Crippen molar-refractivity contribution < 1.29 is 9.53 Å². The smallest absolute Gasteiger partial charge is 0.409 e. The largest absolute Gasteiger partial charge is 0.449 e. The van der Waals surface area contributed by atoms with E-state index < -0.39 is 0 Å². The van der Waals surface area contributed by atoms with Crippen LogP contribution in [0.2, 0.25) is 0 Å². The molecule has 0 bridgehead atoms. The van der Waals surface area contributed by atoms with E-state index in [9.17, 15) is 4.79 Å². The summed E-state index contributed by atoms with van der Waals surface area (Å²) in [5.74, 6) is 1.02. The zero-order valence-corrected chi connectivity index (χ0v) is 14.4. The Balaban J connectivity index is 1.88. The van der Waals surface area contributed by atoms with Crippen LogP contribution >= 0.6 is 11.8 Å². The number of unbranched alkanes of at least 4 members (excludes halogenated alkanes) is 1. The first-order valence-electron chi connectivity index (χ1n) is 7.99. The van der Waals surface area contributed by atoms with E-state index in [1.165, 1.54) is 11.3 Å². The summed E-state index contributed by atoms with van der Waals surface area (Å²) in [4.78, 5) is 16.2. The van der Waals surface area contributed by atoms with E-state index in [-0.39, 0.29) is 6.09 Å². The normalized spacial score (nSPS) is 15.0. The van der Waals surface area contributed by atoms with Crippen molar-refractivity contribution in [3.05, 3.63) is 29.8 Å². The van der Waals surface area contributed by atoms with Gasteiger partial charge in [-0.25, -0.2) is 4.79 Å². The fourth-order valence-electron chi connectivity index (χ4n) is 2.62. The first kappa shape index (κ1) is 17.0. The van der Waals surface area contributed by atoms with Gasteiger partial charge in [-0.1, -0.05) is 31.5 Å². The highest BCUT2D eigenvalue weighted by molar-refractivity contribution is 7.97. The van der Waals surface area contributed by atoms with Gasteiger partial charge in [0, 0.05) is 37.6 Å². The molecule has 1 aromatic carbocycles. The molecule has 1 aromatic rings. The summed E-state index contributed by atoms with van der Waals surface area (Å²) < 4.78 is 5.29. The molecule has 0 N–H and O–H groups in total. The van der Waals surface area contributed by atoms with Gasteiger partial charge in [-0.15, -0.1) is 0 Å². The number of para-hydroxylation sites is 1. The Morgan fingerprint density at radius 3 is 2.64 bits per heavy atom. The maximum atomic E-state index is 12.0. The van der Waals surface area contributed by atoms with Gasteiger partial charge in [0.1, 0.15) is 0 Å². The van der Waals surface area contributed by atoms with Crippen LogP contribution < -0.4 is 4.90 Å². The molecule has 122 valence electrons. The SMILES string of the molecule is CCCCOC(=O)N1CCN(c2ccccc2CSC)CC1. The van der Waals surface area contributed by atoms with Crippen molar-refractivity contribution in [3.8, 4) is 0 Å². The molecule has 1 aliphatic rings. The lowest BCUT2D eigenvalue weighted by molar-refractivity contribution is 0.0989. The van der Waals surface area contributed by atoms with Crippen molar-refractivity contribution in [3.63, 3.8) is 0 Å². The van der Waals surface area contributed by atoms with Gasteiger partial charge in [-0.05, 0) is 24.3 Å². The van der Waals surface area contributed by atoms with Crippen LogP contribution in [0, 0.1) is 0 Å². The Morgan fingerprint density at radius 2 is 1.95 bits per heavy atom. The van der Waals surface area contributed by atoms with Gasteiger partial charge in [0.05, 0.1) is 6.61 Å². The van der Waals surface area contributed by atoms with E-state index in [0.29, 0.717) is 6.61 Å². The molecule has 0 radical (unpaired) electrons. The van der Waals surface area contributed by atoms with E-state index in [1.807, 2.05) is 16.7 Å². The summed E-state index contributed by atoms with van der Waals surface area (Å²) in [7, 11) is 0. The molecule has 0 aliphatic carbocycles. The first-order valence-corrected chi connectivity index (χ1v) is 9.39.